The van der Waals surface area contributed by atoms with Crippen LogP contribution in [0.25, 0.3) is 0 Å². The van der Waals surface area contributed by atoms with Crippen LogP contribution in [0.3, 0.4) is 0 Å². The lowest BCUT2D eigenvalue weighted by atomic mass is 10.1. The number of rotatable bonds is 15. The molecule has 0 saturated heterocycles. The van der Waals surface area contributed by atoms with E-state index >= 15 is 0 Å². The third-order valence-corrected chi connectivity index (χ3v) is 5.37. The summed E-state index contributed by atoms with van der Waals surface area (Å²) in [6.07, 6.45) is 21.5. The summed E-state index contributed by atoms with van der Waals surface area (Å²) in [5.41, 5.74) is 1.96. The van der Waals surface area contributed by atoms with Crippen LogP contribution in [0.4, 0.5) is 0 Å². The Morgan fingerprint density at radius 2 is 0.733 bits per heavy atom. The van der Waals surface area contributed by atoms with Crippen LogP contribution in [-0.4, -0.2) is 10.2 Å². The Morgan fingerprint density at radius 1 is 0.467 bits per heavy atom. The van der Waals surface area contributed by atoms with E-state index in [1.807, 2.05) is 24.3 Å². The summed E-state index contributed by atoms with van der Waals surface area (Å²) in [4.78, 5) is 0. The Labute approximate surface area is 194 Å². The van der Waals surface area contributed by atoms with Crippen LogP contribution in [-0.2, 0) is 26.3 Å². The molecule has 4 nitrogen and oxygen atoms in total. The average molecular weight is 457 g/mol. The molecule has 170 valence electrons. The molecule has 30 heavy (non-hydrogen) atoms. The zero-order valence-corrected chi connectivity index (χ0v) is 19.6. The van der Waals surface area contributed by atoms with Crippen LogP contribution in [0.5, 0.6) is 0 Å². The Bertz CT molecular complexity index is 579. The normalized spacial score (nSPS) is 10.3. The van der Waals surface area contributed by atoms with E-state index in [-0.39, 0.29) is 38.0 Å². The quantitative estimate of drug-likeness (QED) is 0.237. The van der Waals surface area contributed by atoms with Crippen LogP contribution >= 0.6 is 0 Å². The SMILES string of the molecule is OCc1cc[n+](CCCCCCCCCCCC[n+]2ccc(CO)cc2)cc1.[Cl-].[Cl-]. The van der Waals surface area contributed by atoms with Crippen LogP contribution in [0, 0.1) is 0 Å². The van der Waals surface area contributed by atoms with Gasteiger partial charge in [0.2, 0.25) is 0 Å². The van der Waals surface area contributed by atoms with E-state index < -0.39 is 0 Å². The van der Waals surface area contributed by atoms with Crippen molar-refractivity contribution in [3.8, 4) is 0 Å². The fourth-order valence-corrected chi connectivity index (χ4v) is 3.49. The Kier molecular flexibility index (Phi) is 17.8. The standard InChI is InChI=1S/C24H38N2O2.2ClH/c27-21-23-11-17-25(18-12-23)15-9-7-5-3-1-2-4-6-8-10-16-26-19-13-24(22-28)14-20-26;;/h11-14,17-20,27-28H,1-10,15-16,21-22H2;2*1H/q+2;;/p-2. The maximum absolute atomic E-state index is 9.05. The van der Waals surface area contributed by atoms with E-state index in [9.17, 15) is 0 Å². The highest BCUT2D eigenvalue weighted by molar-refractivity contribution is 5.05. The molecular formula is C24H38Cl2N2O2. The molecule has 0 spiro atoms. The summed E-state index contributed by atoms with van der Waals surface area (Å²) in [7, 11) is 0. The van der Waals surface area contributed by atoms with E-state index in [2.05, 4.69) is 33.9 Å². The second-order valence-corrected chi connectivity index (χ2v) is 7.74. The smallest absolute Gasteiger partial charge is 0.169 e. The van der Waals surface area contributed by atoms with Crippen molar-refractivity contribution in [2.24, 2.45) is 0 Å². The molecule has 2 N–H and O–H groups in total. The molecule has 0 radical (unpaired) electrons. The monoisotopic (exact) mass is 456 g/mol. The van der Waals surface area contributed by atoms with Crippen LogP contribution in [0.15, 0.2) is 49.1 Å². The molecule has 0 aliphatic rings. The zero-order chi connectivity index (χ0) is 19.9. The van der Waals surface area contributed by atoms with Gasteiger partial charge in [0.15, 0.2) is 24.8 Å². The minimum atomic E-state index is 0. The van der Waals surface area contributed by atoms with Gasteiger partial charge in [-0.1, -0.05) is 38.5 Å². The highest BCUT2D eigenvalue weighted by Crippen LogP contribution is 2.10. The number of aromatic nitrogens is 2. The molecule has 0 aliphatic carbocycles. The largest absolute Gasteiger partial charge is 1.00 e. The minimum Gasteiger partial charge on any atom is -1.00 e. The topological polar surface area (TPSA) is 48.2 Å². The van der Waals surface area contributed by atoms with E-state index in [0.29, 0.717) is 0 Å². The molecular weight excluding hydrogens is 419 g/mol. The van der Waals surface area contributed by atoms with Crippen molar-refractivity contribution in [1.82, 2.24) is 0 Å². The number of hydrogen-bond donors (Lipinski definition) is 2. The lowest BCUT2D eigenvalue weighted by molar-refractivity contribution is -0.697. The van der Waals surface area contributed by atoms with Gasteiger partial charge in [-0.2, -0.15) is 0 Å². The number of pyridine rings is 2. The van der Waals surface area contributed by atoms with Crippen LogP contribution in [0.1, 0.15) is 75.3 Å². The number of aryl methyl sites for hydroxylation is 2. The predicted octanol–water partition coefficient (Wildman–Crippen LogP) is -2.14. The maximum atomic E-state index is 9.05. The molecule has 0 bridgehead atoms. The highest BCUT2D eigenvalue weighted by Gasteiger charge is 2.02. The fourth-order valence-electron chi connectivity index (χ4n) is 3.49. The molecule has 0 amide bonds. The van der Waals surface area contributed by atoms with Crippen LogP contribution < -0.4 is 33.9 Å². The molecule has 0 saturated carbocycles. The van der Waals surface area contributed by atoms with E-state index in [0.717, 1.165) is 24.2 Å². The lowest BCUT2D eigenvalue weighted by Crippen LogP contribution is -3.00. The molecule has 2 rings (SSSR count). The molecule has 0 atom stereocenters. The molecule has 0 unspecified atom stereocenters. The molecule has 0 aliphatic heterocycles. The zero-order valence-electron chi connectivity index (χ0n) is 18.1. The number of nitrogens with zero attached hydrogens (tertiary/aromatic N) is 2. The second kappa shape index (κ2) is 18.6. The summed E-state index contributed by atoms with van der Waals surface area (Å²) in [6, 6.07) is 7.97. The Balaban J connectivity index is 0.00000420. The summed E-state index contributed by atoms with van der Waals surface area (Å²) in [5.74, 6) is 0. The number of halogens is 2. The molecule has 2 aromatic heterocycles. The van der Waals surface area contributed by atoms with Crippen molar-refractivity contribution < 1.29 is 44.2 Å². The molecule has 6 heteroatoms. The van der Waals surface area contributed by atoms with Crippen molar-refractivity contribution in [2.75, 3.05) is 0 Å². The third kappa shape index (κ3) is 12.5. The first kappa shape index (κ1) is 28.8. The fraction of sp³-hybridized carbons (Fsp3) is 0.583. The van der Waals surface area contributed by atoms with Gasteiger partial charge in [0.05, 0.1) is 13.2 Å². The van der Waals surface area contributed by atoms with Crippen molar-refractivity contribution >= 4 is 0 Å². The summed E-state index contributed by atoms with van der Waals surface area (Å²) in [6.45, 7) is 2.40. The highest BCUT2D eigenvalue weighted by atomic mass is 35.5. The summed E-state index contributed by atoms with van der Waals surface area (Å²) >= 11 is 0. The van der Waals surface area contributed by atoms with Gasteiger partial charge in [-0.05, 0) is 24.0 Å². The third-order valence-electron chi connectivity index (χ3n) is 5.37. The lowest BCUT2D eigenvalue weighted by Gasteiger charge is -2.02. The summed E-state index contributed by atoms with van der Waals surface area (Å²) in [5, 5.41) is 18.1. The maximum Gasteiger partial charge on any atom is 0.169 e. The van der Waals surface area contributed by atoms with Gasteiger partial charge in [0, 0.05) is 37.1 Å². The van der Waals surface area contributed by atoms with E-state index in [4.69, 9.17) is 10.2 Å². The van der Waals surface area contributed by atoms with Crippen molar-refractivity contribution in [1.29, 1.82) is 0 Å². The van der Waals surface area contributed by atoms with E-state index in [1.165, 1.54) is 64.2 Å². The first-order valence-corrected chi connectivity index (χ1v) is 11.0. The number of aliphatic hydroxyl groups excluding tert-OH is 2. The second-order valence-electron chi connectivity index (χ2n) is 7.74. The predicted molar refractivity (Wildman–Crippen MR) is 111 cm³/mol. The molecule has 2 heterocycles. The molecule has 2 aromatic rings. The first-order valence-electron chi connectivity index (χ1n) is 11.0. The van der Waals surface area contributed by atoms with Gasteiger partial charge < -0.3 is 35.0 Å². The molecule has 0 aromatic carbocycles. The number of unbranched alkanes of at least 4 members (excludes halogenated alkanes) is 9. The Morgan fingerprint density at radius 3 is 1.00 bits per heavy atom. The number of hydrogen-bond acceptors (Lipinski definition) is 2. The van der Waals surface area contributed by atoms with Crippen molar-refractivity contribution in [2.45, 2.75) is 90.5 Å². The van der Waals surface area contributed by atoms with Gasteiger partial charge in [0.1, 0.15) is 13.1 Å². The minimum absolute atomic E-state index is 0. The van der Waals surface area contributed by atoms with Gasteiger partial charge in [-0.3, -0.25) is 0 Å². The Hall–Kier alpha value is -1.20. The molecule has 0 fully saturated rings. The first-order chi connectivity index (χ1) is 13.8. The van der Waals surface area contributed by atoms with Gasteiger partial charge in [-0.25, -0.2) is 9.13 Å². The summed E-state index contributed by atoms with van der Waals surface area (Å²) < 4.78 is 4.41. The van der Waals surface area contributed by atoms with Crippen molar-refractivity contribution in [3.63, 3.8) is 0 Å². The number of aliphatic hydroxyl groups is 2. The average Bonchev–Trinajstić information content (AvgIpc) is 2.75. The van der Waals surface area contributed by atoms with Gasteiger partial charge >= 0.3 is 0 Å². The van der Waals surface area contributed by atoms with Gasteiger partial charge in [0.25, 0.3) is 0 Å². The van der Waals surface area contributed by atoms with E-state index in [1.54, 1.807) is 0 Å². The van der Waals surface area contributed by atoms with Gasteiger partial charge in [-0.15, -0.1) is 0 Å². The van der Waals surface area contributed by atoms with Crippen LogP contribution in [0.2, 0.25) is 0 Å². The van der Waals surface area contributed by atoms with Crippen molar-refractivity contribution in [3.05, 3.63) is 60.2 Å².